The minimum absolute atomic E-state index is 0.748. The van der Waals surface area contributed by atoms with Gasteiger partial charge in [0.1, 0.15) is 0 Å². The van der Waals surface area contributed by atoms with Crippen LogP contribution in [0.1, 0.15) is 22.3 Å². The number of benzene rings is 3. The molecule has 28 heavy (non-hydrogen) atoms. The molecule has 2 nitrogen and oxygen atoms in total. The predicted molar refractivity (Wildman–Crippen MR) is 118 cm³/mol. The number of nitrogens with zero attached hydrogens (tertiary/aromatic N) is 2. The fourth-order valence-electron chi connectivity index (χ4n) is 3.43. The Hall–Kier alpha value is -2.84. The molecule has 0 atom stereocenters. The molecule has 0 fully saturated rings. The van der Waals surface area contributed by atoms with Gasteiger partial charge >= 0.3 is 0 Å². The van der Waals surface area contributed by atoms with Gasteiger partial charge in [0.25, 0.3) is 0 Å². The molecule has 3 heteroatoms. The summed E-state index contributed by atoms with van der Waals surface area (Å²) in [5.74, 6) is 0. The van der Waals surface area contributed by atoms with Crippen LogP contribution in [-0.2, 0) is 0 Å². The Balaban J connectivity index is 1.97. The summed E-state index contributed by atoms with van der Waals surface area (Å²) in [5, 5.41) is 5.76. The first-order valence-corrected chi connectivity index (χ1v) is 9.82. The maximum atomic E-state index is 6.42. The van der Waals surface area contributed by atoms with Crippen molar-refractivity contribution in [1.29, 1.82) is 0 Å². The molecule has 0 bridgehead atoms. The maximum absolute atomic E-state index is 6.42. The average molecular weight is 387 g/mol. The number of aryl methyl sites for hydroxylation is 3. The van der Waals surface area contributed by atoms with E-state index in [2.05, 4.69) is 75.4 Å². The first-order chi connectivity index (χ1) is 13.4. The molecule has 0 amide bonds. The lowest BCUT2D eigenvalue weighted by Crippen LogP contribution is -2.00. The van der Waals surface area contributed by atoms with Gasteiger partial charge in [-0.15, -0.1) is 0 Å². The van der Waals surface area contributed by atoms with Gasteiger partial charge in [0.2, 0.25) is 0 Å². The second kappa shape index (κ2) is 7.29. The minimum atomic E-state index is 0.748. The van der Waals surface area contributed by atoms with E-state index in [9.17, 15) is 0 Å². The van der Waals surface area contributed by atoms with E-state index in [1.807, 2.05) is 23.7 Å². The number of aromatic nitrogens is 2. The highest BCUT2D eigenvalue weighted by Gasteiger charge is 2.19. The summed E-state index contributed by atoms with van der Waals surface area (Å²) in [4.78, 5) is 0. The molecule has 0 aliphatic heterocycles. The van der Waals surface area contributed by atoms with Crippen molar-refractivity contribution < 1.29 is 0 Å². The van der Waals surface area contributed by atoms with Gasteiger partial charge in [-0.25, -0.2) is 4.68 Å². The molecule has 3 aromatic carbocycles. The van der Waals surface area contributed by atoms with E-state index in [0.29, 0.717) is 0 Å². The molecule has 0 saturated carbocycles. The summed E-state index contributed by atoms with van der Waals surface area (Å²) in [5.41, 5.74) is 10.0. The average Bonchev–Trinajstić information content (AvgIpc) is 3.02. The van der Waals surface area contributed by atoms with Gasteiger partial charge in [0.15, 0.2) is 0 Å². The van der Waals surface area contributed by atoms with E-state index in [-0.39, 0.29) is 0 Å². The van der Waals surface area contributed by atoms with Gasteiger partial charge in [-0.2, -0.15) is 5.10 Å². The number of rotatable bonds is 3. The van der Waals surface area contributed by atoms with Crippen LogP contribution in [0.4, 0.5) is 0 Å². The molecule has 0 spiro atoms. The predicted octanol–water partition coefficient (Wildman–Crippen LogP) is 7.09. The van der Waals surface area contributed by atoms with Crippen LogP contribution in [0.5, 0.6) is 0 Å². The third kappa shape index (κ3) is 3.36. The minimum Gasteiger partial charge on any atom is -0.232 e. The van der Waals surface area contributed by atoms with Crippen molar-refractivity contribution in [2.75, 3.05) is 0 Å². The SMILES string of the molecule is Cc1ccc(-c2nn(-c3ccc(C)c(Cl)c3)c(-c3ccc(C)cc3)c2C)cc1. The van der Waals surface area contributed by atoms with Crippen molar-refractivity contribution in [2.24, 2.45) is 0 Å². The Bertz CT molecular complexity index is 1140. The van der Waals surface area contributed by atoms with E-state index in [1.165, 1.54) is 11.1 Å². The molecule has 0 saturated heterocycles. The highest BCUT2D eigenvalue weighted by molar-refractivity contribution is 6.31. The Kier molecular flexibility index (Phi) is 4.82. The zero-order valence-corrected chi connectivity index (χ0v) is 17.4. The van der Waals surface area contributed by atoms with Crippen molar-refractivity contribution in [3.05, 3.63) is 94.0 Å². The zero-order chi connectivity index (χ0) is 19.8. The van der Waals surface area contributed by atoms with E-state index in [4.69, 9.17) is 16.7 Å². The van der Waals surface area contributed by atoms with Crippen molar-refractivity contribution in [3.8, 4) is 28.2 Å². The van der Waals surface area contributed by atoms with Crippen molar-refractivity contribution in [1.82, 2.24) is 9.78 Å². The second-order valence-electron chi connectivity index (χ2n) is 7.40. The molecule has 4 rings (SSSR count). The van der Waals surface area contributed by atoms with Gasteiger partial charge < -0.3 is 0 Å². The van der Waals surface area contributed by atoms with Crippen LogP contribution in [0.25, 0.3) is 28.2 Å². The topological polar surface area (TPSA) is 17.8 Å². The molecule has 0 aliphatic carbocycles. The van der Waals surface area contributed by atoms with E-state index in [1.54, 1.807) is 0 Å². The Morgan fingerprint density at radius 3 is 1.86 bits per heavy atom. The summed E-state index contributed by atoms with van der Waals surface area (Å²) < 4.78 is 2.01. The Morgan fingerprint density at radius 1 is 0.714 bits per heavy atom. The van der Waals surface area contributed by atoms with Crippen LogP contribution in [0.15, 0.2) is 66.7 Å². The molecule has 1 heterocycles. The number of hydrogen-bond donors (Lipinski definition) is 0. The van der Waals surface area contributed by atoms with Crippen LogP contribution >= 0.6 is 11.6 Å². The highest BCUT2D eigenvalue weighted by atomic mass is 35.5. The second-order valence-corrected chi connectivity index (χ2v) is 7.81. The van der Waals surface area contributed by atoms with Gasteiger partial charge in [0.05, 0.1) is 17.1 Å². The highest BCUT2D eigenvalue weighted by Crippen LogP contribution is 2.34. The monoisotopic (exact) mass is 386 g/mol. The fraction of sp³-hybridized carbons (Fsp3) is 0.160. The molecule has 4 aromatic rings. The molecular formula is C25H23ClN2. The van der Waals surface area contributed by atoms with Crippen molar-refractivity contribution in [2.45, 2.75) is 27.7 Å². The largest absolute Gasteiger partial charge is 0.232 e. The first-order valence-electron chi connectivity index (χ1n) is 9.44. The first kappa shape index (κ1) is 18.5. The number of halogens is 1. The summed E-state index contributed by atoms with van der Waals surface area (Å²) >= 11 is 6.42. The van der Waals surface area contributed by atoms with E-state index >= 15 is 0 Å². The van der Waals surface area contributed by atoms with Gasteiger partial charge in [-0.05, 0) is 45.4 Å². The third-order valence-electron chi connectivity index (χ3n) is 5.17. The summed E-state index contributed by atoms with van der Waals surface area (Å²) in [6, 6.07) is 23.2. The lowest BCUT2D eigenvalue weighted by atomic mass is 10.0. The molecule has 0 radical (unpaired) electrons. The normalized spacial score (nSPS) is 11.0. The van der Waals surface area contributed by atoms with Gasteiger partial charge in [-0.3, -0.25) is 0 Å². The smallest absolute Gasteiger partial charge is 0.0963 e. The Labute approximate surface area is 171 Å². The molecule has 0 unspecified atom stereocenters. The van der Waals surface area contributed by atoms with Gasteiger partial charge in [0, 0.05) is 21.7 Å². The summed E-state index contributed by atoms with van der Waals surface area (Å²) in [6.07, 6.45) is 0. The molecule has 0 N–H and O–H groups in total. The van der Waals surface area contributed by atoms with Crippen LogP contribution in [0.2, 0.25) is 5.02 Å². The van der Waals surface area contributed by atoms with Gasteiger partial charge in [-0.1, -0.05) is 77.3 Å². The lowest BCUT2D eigenvalue weighted by molar-refractivity contribution is 0.891. The van der Waals surface area contributed by atoms with Crippen LogP contribution < -0.4 is 0 Å². The molecule has 140 valence electrons. The summed E-state index contributed by atoms with van der Waals surface area (Å²) in [6.45, 7) is 8.36. The standard InChI is InChI=1S/C25H23ClN2/c1-16-5-10-20(11-6-16)24-19(4)25(21-12-7-17(2)8-13-21)28(27-24)22-14-9-18(3)23(26)15-22/h5-15H,1-4H3. The summed E-state index contributed by atoms with van der Waals surface area (Å²) in [7, 11) is 0. The number of hydrogen-bond acceptors (Lipinski definition) is 1. The molecule has 0 aliphatic rings. The van der Waals surface area contributed by atoms with Crippen molar-refractivity contribution >= 4 is 11.6 Å². The van der Waals surface area contributed by atoms with Crippen LogP contribution in [0.3, 0.4) is 0 Å². The quantitative estimate of drug-likeness (QED) is 0.367. The van der Waals surface area contributed by atoms with E-state index < -0.39 is 0 Å². The van der Waals surface area contributed by atoms with Crippen molar-refractivity contribution in [3.63, 3.8) is 0 Å². The molecule has 1 aromatic heterocycles. The third-order valence-corrected chi connectivity index (χ3v) is 5.58. The zero-order valence-electron chi connectivity index (χ0n) is 16.6. The molecular weight excluding hydrogens is 364 g/mol. The van der Waals surface area contributed by atoms with Crippen LogP contribution in [0, 0.1) is 27.7 Å². The Morgan fingerprint density at radius 2 is 1.29 bits per heavy atom. The van der Waals surface area contributed by atoms with Crippen LogP contribution in [-0.4, -0.2) is 9.78 Å². The maximum Gasteiger partial charge on any atom is 0.0963 e. The lowest BCUT2D eigenvalue weighted by Gasteiger charge is -2.10. The fourth-order valence-corrected chi connectivity index (χ4v) is 3.61. The van der Waals surface area contributed by atoms with E-state index in [0.717, 1.165) is 44.4 Å².